The van der Waals surface area contributed by atoms with Gasteiger partial charge in [-0.2, -0.15) is 39.5 Å². The zero-order valence-corrected chi connectivity index (χ0v) is 20.9. The van der Waals surface area contributed by atoms with E-state index in [2.05, 4.69) is 0 Å². The molecule has 212 valence electrons. The Labute approximate surface area is 220 Å². The van der Waals surface area contributed by atoms with Gasteiger partial charge in [0, 0.05) is 11.1 Å². The van der Waals surface area contributed by atoms with E-state index in [4.69, 9.17) is 0 Å². The van der Waals surface area contributed by atoms with Gasteiger partial charge in [0.1, 0.15) is 5.60 Å². The van der Waals surface area contributed by atoms with Crippen molar-refractivity contribution >= 4 is 0 Å². The molecule has 0 unspecified atom stereocenters. The summed E-state index contributed by atoms with van der Waals surface area (Å²) in [5.74, 6) is -20.0. The van der Waals surface area contributed by atoms with Crippen LogP contribution in [0.3, 0.4) is 0 Å². The van der Waals surface area contributed by atoms with Crippen LogP contribution >= 0.6 is 0 Å². The highest BCUT2D eigenvalue weighted by Crippen LogP contribution is 2.58. The van der Waals surface area contributed by atoms with E-state index in [-0.39, 0.29) is 23.1 Å². The minimum absolute atomic E-state index is 0.0253. The van der Waals surface area contributed by atoms with Crippen molar-refractivity contribution in [3.8, 4) is 0 Å². The van der Waals surface area contributed by atoms with Crippen LogP contribution in [0, 0.1) is 0 Å². The maximum atomic E-state index is 15.6. The van der Waals surface area contributed by atoms with E-state index < -0.39 is 40.7 Å². The monoisotopic (exact) mass is 562 g/mol. The molecule has 0 aromatic heterocycles. The molecule has 0 saturated carbocycles. The molecule has 1 N–H and O–H groups in total. The number of hydrogen-bond donors (Lipinski definition) is 1. The van der Waals surface area contributed by atoms with Crippen LogP contribution in [-0.2, 0) is 17.9 Å². The predicted octanol–water partition coefficient (Wildman–Crippen LogP) is 9.02. The van der Waals surface area contributed by atoms with E-state index >= 15 is 8.78 Å². The van der Waals surface area contributed by atoms with E-state index in [1.54, 1.807) is 12.1 Å². The van der Waals surface area contributed by atoms with Gasteiger partial charge in [0.25, 0.3) is 0 Å². The van der Waals surface area contributed by atoms with Crippen LogP contribution in [-0.4, -0.2) is 23.1 Å². The molecule has 39 heavy (non-hydrogen) atoms. The molecule has 0 saturated heterocycles. The average Bonchev–Trinajstić information content (AvgIpc) is 2.90. The number of unbranched alkanes of at least 4 members (excludes halogenated alkanes) is 3. The summed E-state index contributed by atoms with van der Waals surface area (Å²) in [4.78, 5) is 0. The molecular formula is C29H27F9O. The molecule has 0 aliphatic heterocycles. The standard InChI is InChI=1S/C29H27F9O/c1-2-3-4-7-13-20-14-12-19-23(26(30,31)27(32,33)28(34,35)29(36,37)38)24(20)25(39,21-15-8-5-9-16-21)22-17-10-6-11-18-22/h5-6,8-12,14-19,39H,2-4,7,13H2,1H3. The zero-order chi connectivity index (χ0) is 29.1. The lowest BCUT2D eigenvalue weighted by molar-refractivity contribution is -0.399. The van der Waals surface area contributed by atoms with Crippen LogP contribution in [0.5, 0.6) is 0 Å². The van der Waals surface area contributed by atoms with Gasteiger partial charge in [0.15, 0.2) is 0 Å². The summed E-state index contributed by atoms with van der Waals surface area (Å²) in [7, 11) is 0. The molecular weight excluding hydrogens is 535 g/mol. The third-order valence-corrected chi connectivity index (χ3v) is 6.68. The number of aryl methyl sites for hydroxylation is 1. The molecule has 0 aliphatic rings. The normalized spacial score (nSPS) is 13.5. The van der Waals surface area contributed by atoms with E-state index in [1.165, 1.54) is 54.6 Å². The third kappa shape index (κ3) is 5.40. The van der Waals surface area contributed by atoms with E-state index in [1.807, 2.05) is 6.92 Å². The van der Waals surface area contributed by atoms with Crippen LogP contribution < -0.4 is 0 Å². The number of rotatable bonds is 11. The van der Waals surface area contributed by atoms with Crippen molar-refractivity contribution in [1.29, 1.82) is 0 Å². The van der Waals surface area contributed by atoms with E-state index in [0.717, 1.165) is 18.9 Å². The number of benzene rings is 3. The number of halogens is 9. The second kappa shape index (κ2) is 11.2. The largest absolute Gasteiger partial charge is 0.460 e. The summed E-state index contributed by atoms with van der Waals surface area (Å²) >= 11 is 0. The average molecular weight is 563 g/mol. The predicted molar refractivity (Wildman–Crippen MR) is 129 cm³/mol. The summed E-state index contributed by atoms with van der Waals surface area (Å²) in [6, 6.07) is 16.7. The lowest BCUT2D eigenvalue weighted by Gasteiger charge is -2.39. The van der Waals surface area contributed by atoms with Crippen LogP contribution in [0.2, 0.25) is 0 Å². The van der Waals surface area contributed by atoms with Crippen LogP contribution in [0.4, 0.5) is 39.5 Å². The van der Waals surface area contributed by atoms with E-state index in [0.29, 0.717) is 18.9 Å². The Hall–Kier alpha value is -3.01. The Bertz CT molecular complexity index is 1180. The molecule has 0 spiro atoms. The molecule has 3 aromatic rings. The van der Waals surface area contributed by atoms with Gasteiger partial charge in [-0.05, 0) is 29.5 Å². The Morgan fingerprint density at radius 3 is 1.56 bits per heavy atom. The van der Waals surface area contributed by atoms with Crippen LogP contribution in [0.25, 0.3) is 0 Å². The molecule has 0 fully saturated rings. The topological polar surface area (TPSA) is 20.2 Å². The maximum absolute atomic E-state index is 15.6. The quantitative estimate of drug-likeness (QED) is 0.141. The number of aliphatic hydroxyl groups is 1. The van der Waals surface area contributed by atoms with Crippen molar-refractivity contribution in [2.45, 2.75) is 68.6 Å². The first-order valence-electron chi connectivity index (χ1n) is 12.3. The van der Waals surface area contributed by atoms with Gasteiger partial charge in [-0.1, -0.05) is 105 Å². The minimum atomic E-state index is -7.07. The Kier molecular flexibility index (Phi) is 8.79. The van der Waals surface area contributed by atoms with Crippen molar-refractivity contribution in [3.05, 3.63) is 107 Å². The van der Waals surface area contributed by atoms with Gasteiger partial charge in [-0.3, -0.25) is 0 Å². The smallest absolute Gasteiger partial charge is 0.376 e. The van der Waals surface area contributed by atoms with Crippen molar-refractivity contribution in [1.82, 2.24) is 0 Å². The summed E-state index contributed by atoms with van der Waals surface area (Å²) in [6.07, 6.45) is -4.46. The highest BCUT2D eigenvalue weighted by molar-refractivity contribution is 5.55. The molecule has 1 nitrogen and oxygen atoms in total. The molecule has 3 rings (SSSR count). The first kappa shape index (κ1) is 30.5. The Morgan fingerprint density at radius 2 is 1.10 bits per heavy atom. The van der Waals surface area contributed by atoms with Crippen molar-refractivity contribution in [2.75, 3.05) is 0 Å². The van der Waals surface area contributed by atoms with Gasteiger partial charge in [-0.25, -0.2) is 0 Å². The zero-order valence-electron chi connectivity index (χ0n) is 20.9. The molecule has 0 amide bonds. The summed E-state index contributed by atoms with van der Waals surface area (Å²) in [5.41, 5.74) is -5.50. The second-order valence-electron chi connectivity index (χ2n) is 9.31. The van der Waals surface area contributed by atoms with Gasteiger partial charge >= 0.3 is 23.9 Å². The van der Waals surface area contributed by atoms with Crippen molar-refractivity contribution in [3.63, 3.8) is 0 Å². The Balaban J connectivity index is 2.40. The summed E-state index contributed by atoms with van der Waals surface area (Å²) < 4.78 is 127. The minimum Gasteiger partial charge on any atom is -0.376 e. The van der Waals surface area contributed by atoms with Crippen molar-refractivity contribution in [2.24, 2.45) is 0 Å². The Morgan fingerprint density at radius 1 is 0.590 bits per heavy atom. The lowest BCUT2D eigenvalue weighted by Crippen LogP contribution is -2.60. The lowest BCUT2D eigenvalue weighted by atomic mass is 9.73. The number of hydrogen-bond acceptors (Lipinski definition) is 1. The molecule has 0 aliphatic carbocycles. The molecule has 0 bridgehead atoms. The van der Waals surface area contributed by atoms with Crippen molar-refractivity contribution < 1.29 is 44.6 Å². The first-order valence-corrected chi connectivity index (χ1v) is 12.3. The van der Waals surface area contributed by atoms with Gasteiger partial charge in [0.05, 0.1) is 0 Å². The molecule has 0 atom stereocenters. The molecule has 0 radical (unpaired) electrons. The van der Waals surface area contributed by atoms with Gasteiger partial charge in [-0.15, -0.1) is 0 Å². The maximum Gasteiger partial charge on any atom is 0.460 e. The summed E-state index contributed by atoms with van der Waals surface area (Å²) in [6.45, 7) is 1.92. The second-order valence-corrected chi connectivity index (χ2v) is 9.31. The SMILES string of the molecule is CCCCCCc1cccc(C(F)(F)C(F)(F)C(F)(F)C(F)(F)F)c1C(O)(c1ccccc1)c1ccccc1. The fraction of sp³-hybridized carbons (Fsp3) is 0.379. The van der Waals surface area contributed by atoms with E-state index in [9.17, 15) is 35.8 Å². The van der Waals surface area contributed by atoms with Gasteiger partial charge < -0.3 is 5.11 Å². The highest BCUT2D eigenvalue weighted by Gasteiger charge is 2.82. The van der Waals surface area contributed by atoms with Gasteiger partial charge in [0.2, 0.25) is 0 Å². The van der Waals surface area contributed by atoms with Crippen LogP contribution in [0.1, 0.15) is 60.4 Å². The molecule has 0 heterocycles. The summed E-state index contributed by atoms with van der Waals surface area (Å²) in [5, 5.41) is 12.2. The van der Waals surface area contributed by atoms with Crippen LogP contribution in [0.15, 0.2) is 78.9 Å². The first-order chi connectivity index (χ1) is 18.1. The fourth-order valence-corrected chi connectivity index (χ4v) is 4.60. The highest BCUT2D eigenvalue weighted by atomic mass is 19.4. The number of alkyl halides is 9. The molecule has 10 heteroatoms. The molecule has 3 aromatic carbocycles. The third-order valence-electron chi connectivity index (χ3n) is 6.68. The fourth-order valence-electron chi connectivity index (χ4n) is 4.60.